The number of aliphatic carboxylic acids is 1. The van der Waals surface area contributed by atoms with E-state index in [1.807, 2.05) is 189 Å². The summed E-state index contributed by atoms with van der Waals surface area (Å²) in [5.74, 6) is -1.45. The summed E-state index contributed by atoms with van der Waals surface area (Å²) in [7, 11) is 0. The lowest BCUT2D eigenvalue weighted by molar-refractivity contribution is -0.163. The number of nitrogens with one attached hydrogen (secondary N) is 2. The van der Waals surface area contributed by atoms with Crippen LogP contribution in [0.5, 0.6) is 5.75 Å². The van der Waals surface area contributed by atoms with Crippen LogP contribution in [0.25, 0.3) is 0 Å². The number of amides is 1. The van der Waals surface area contributed by atoms with Crippen LogP contribution in [0.2, 0.25) is 0 Å². The molecule has 2 heterocycles. The molecule has 1 aliphatic heterocycles. The zero-order chi connectivity index (χ0) is 51.9. The minimum atomic E-state index is -1.54. The first-order valence-electron chi connectivity index (χ1n) is 24.3. The van der Waals surface area contributed by atoms with Crippen molar-refractivity contribution in [1.82, 2.24) is 15.2 Å². The Balaban J connectivity index is 1.01. The highest BCUT2D eigenvalue weighted by molar-refractivity contribution is 7.14. The Kier molecular flexibility index (Phi) is 17.0. The highest BCUT2D eigenvalue weighted by Crippen LogP contribution is 2.41. The summed E-state index contributed by atoms with van der Waals surface area (Å²) in [6.07, 6.45) is -1.40. The van der Waals surface area contributed by atoms with Gasteiger partial charge in [-0.15, -0.1) is 11.3 Å². The van der Waals surface area contributed by atoms with Crippen LogP contribution < -0.4 is 21.1 Å². The Morgan fingerprint density at radius 2 is 1.31 bits per heavy atom. The lowest BCUT2D eigenvalue weighted by Crippen LogP contribution is -2.38. The molecule has 1 aliphatic rings. The maximum atomic E-state index is 14.4. The standard InChI is InChI=1S/C58H59N7O8S/c1-57(2,3)72-56(69)61-34-20-19-33-60-54(59)65-36-42-31-32-47(35-43(42)37-65)70-38-49(53(68)71-51(40-21-9-4-10-22-40)41-23-11-5-12-24-41)73-64-50(52(66)67)48-39-74-55(62-48)63-58(44-25-13-6-14-26-44,45-27-15-7-16-28-45)46-29-17-8-18-30-46/h4-18,21-32,35,39,49,51H,19-20,33-34,36-38H2,1-3H3,(H2,59,60)(H,61,69)(H,62,63)(H,66,67)/b64-50-/t49-/m0/s1. The molecule has 6 aromatic carbocycles. The van der Waals surface area contributed by atoms with Gasteiger partial charge in [-0.25, -0.2) is 19.4 Å². The van der Waals surface area contributed by atoms with Gasteiger partial charge in [-0.3, -0.25) is 4.99 Å². The first-order chi connectivity index (χ1) is 35.9. The van der Waals surface area contributed by atoms with Crippen LogP contribution in [0.3, 0.4) is 0 Å². The smallest absolute Gasteiger partial charge is 0.407 e. The van der Waals surface area contributed by atoms with Crippen LogP contribution in [0.4, 0.5) is 9.93 Å². The van der Waals surface area contributed by atoms with Crippen molar-refractivity contribution < 1.29 is 38.5 Å². The van der Waals surface area contributed by atoms with Crippen molar-refractivity contribution in [2.75, 3.05) is 25.0 Å². The Morgan fingerprint density at radius 1 is 0.757 bits per heavy atom. The quantitative estimate of drug-likeness (QED) is 0.0133. The second kappa shape index (κ2) is 24.3. The summed E-state index contributed by atoms with van der Waals surface area (Å²) in [5.41, 5.74) is 10.6. The Morgan fingerprint density at radius 3 is 1.86 bits per heavy atom. The van der Waals surface area contributed by atoms with Crippen LogP contribution in [0.1, 0.15) is 84.4 Å². The molecule has 0 bridgehead atoms. The number of anilines is 1. The Labute approximate surface area is 434 Å². The number of carbonyl (C=O) groups is 3. The SMILES string of the molecule is CC(C)(C)OC(=O)NCCCCN=C(N)N1Cc2ccc(OC[C@H](O/N=C(\C(=O)O)c3csc(NC(c4ccccc4)(c4ccccc4)c4ccccc4)n3)C(=O)OC(c3ccccc3)c3ccccc3)cc2C1. The number of aromatic nitrogens is 1. The largest absolute Gasteiger partial charge is 0.489 e. The molecule has 1 atom stereocenters. The van der Waals surface area contributed by atoms with Gasteiger partial charge in [-0.05, 0) is 84.7 Å². The fourth-order valence-corrected chi connectivity index (χ4v) is 9.19. The number of nitrogens with zero attached hydrogens (tertiary/aromatic N) is 4. The van der Waals surface area contributed by atoms with Gasteiger partial charge >= 0.3 is 18.0 Å². The number of rotatable bonds is 21. The number of unbranched alkanes of at least 4 members (excludes halogenated alkanes) is 1. The minimum absolute atomic E-state index is 0.00811. The molecule has 1 amide bonds. The Hall–Kier alpha value is -8.50. The molecule has 5 N–H and O–H groups in total. The highest BCUT2D eigenvalue weighted by atomic mass is 32.1. The topological polar surface area (TPSA) is 199 Å². The molecule has 7 aromatic rings. The lowest BCUT2D eigenvalue weighted by Gasteiger charge is -2.36. The molecule has 74 heavy (non-hydrogen) atoms. The van der Waals surface area contributed by atoms with Crippen LogP contribution in [0.15, 0.2) is 185 Å². The fourth-order valence-electron chi connectivity index (χ4n) is 8.44. The van der Waals surface area contributed by atoms with E-state index >= 15 is 0 Å². The van der Waals surface area contributed by atoms with E-state index in [0.717, 1.165) is 34.2 Å². The van der Waals surface area contributed by atoms with Crippen molar-refractivity contribution in [2.24, 2.45) is 15.9 Å². The molecule has 16 heteroatoms. The van der Waals surface area contributed by atoms with Crippen LogP contribution >= 0.6 is 11.3 Å². The van der Waals surface area contributed by atoms with E-state index < -0.39 is 53.7 Å². The molecule has 0 aliphatic carbocycles. The predicted molar refractivity (Wildman–Crippen MR) is 286 cm³/mol. The monoisotopic (exact) mass is 1010 g/mol. The number of fused-ring (bicyclic) bond motifs is 1. The van der Waals surface area contributed by atoms with Crippen molar-refractivity contribution in [3.63, 3.8) is 0 Å². The van der Waals surface area contributed by atoms with Gasteiger partial charge in [-0.2, -0.15) is 0 Å². The van der Waals surface area contributed by atoms with Crippen LogP contribution in [-0.4, -0.2) is 76.1 Å². The maximum Gasteiger partial charge on any atom is 0.407 e. The van der Waals surface area contributed by atoms with E-state index in [4.69, 9.17) is 29.8 Å². The molecule has 0 fully saturated rings. The second-order valence-electron chi connectivity index (χ2n) is 18.5. The average molecular weight is 1010 g/mol. The lowest BCUT2D eigenvalue weighted by atomic mass is 9.77. The Bertz CT molecular complexity index is 2890. The summed E-state index contributed by atoms with van der Waals surface area (Å²) in [4.78, 5) is 56.6. The molecule has 0 saturated heterocycles. The van der Waals surface area contributed by atoms with E-state index in [-0.39, 0.29) is 5.69 Å². The van der Waals surface area contributed by atoms with Gasteiger partial charge in [0.2, 0.25) is 5.71 Å². The predicted octanol–water partition coefficient (Wildman–Crippen LogP) is 10.1. The average Bonchev–Trinajstić information content (AvgIpc) is 4.07. The van der Waals surface area contributed by atoms with Crippen molar-refractivity contribution >= 4 is 46.2 Å². The number of hydrogen-bond donors (Lipinski definition) is 4. The molecule has 0 radical (unpaired) electrons. The van der Waals surface area contributed by atoms with Gasteiger partial charge in [0.25, 0.3) is 6.10 Å². The van der Waals surface area contributed by atoms with E-state index in [1.165, 1.54) is 11.3 Å². The number of carboxylic acids is 1. The van der Waals surface area contributed by atoms with E-state index in [9.17, 15) is 19.5 Å². The summed E-state index contributed by atoms with van der Waals surface area (Å²) < 4.78 is 17.7. The molecule has 0 spiro atoms. The third-order valence-electron chi connectivity index (χ3n) is 12.0. The maximum absolute atomic E-state index is 14.4. The molecule has 0 saturated carbocycles. The van der Waals surface area contributed by atoms with Crippen molar-refractivity contribution in [2.45, 2.75) is 70.1 Å². The number of benzene rings is 6. The van der Waals surface area contributed by atoms with Gasteiger partial charge in [0, 0.05) is 31.6 Å². The van der Waals surface area contributed by atoms with Gasteiger partial charge < -0.3 is 45.4 Å². The van der Waals surface area contributed by atoms with Gasteiger partial charge in [0.15, 0.2) is 17.2 Å². The molecular formula is C58H59N7O8S. The van der Waals surface area contributed by atoms with Crippen molar-refractivity contribution in [3.8, 4) is 5.75 Å². The van der Waals surface area contributed by atoms with E-state index in [0.29, 0.717) is 60.6 Å². The van der Waals surface area contributed by atoms with Crippen molar-refractivity contribution in [1.29, 1.82) is 0 Å². The van der Waals surface area contributed by atoms with Crippen molar-refractivity contribution in [3.05, 3.63) is 220 Å². The number of guanidine groups is 1. The number of esters is 1. The summed E-state index contributed by atoms with van der Waals surface area (Å²) in [6, 6.07) is 54.0. The number of nitrogens with two attached hydrogens (primary N) is 1. The van der Waals surface area contributed by atoms with Gasteiger partial charge in [0.1, 0.15) is 29.2 Å². The zero-order valence-electron chi connectivity index (χ0n) is 41.4. The first kappa shape index (κ1) is 51.8. The molecule has 8 rings (SSSR count). The molecule has 15 nitrogen and oxygen atoms in total. The number of aliphatic imine (C=N–C) groups is 1. The van der Waals surface area contributed by atoms with Crippen LogP contribution in [0, 0.1) is 0 Å². The van der Waals surface area contributed by atoms with Gasteiger partial charge in [-0.1, -0.05) is 163 Å². The zero-order valence-corrected chi connectivity index (χ0v) is 42.2. The molecule has 380 valence electrons. The summed E-state index contributed by atoms with van der Waals surface area (Å²) in [6.45, 7) is 7.02. The number of ether oxygens (including phenoxy) is 3. The fraction of sp³-hybridized carbons (Fsp3) is 0.241. The second-order valence-corrected chi connectivity index (χ2v) is 19.3. The number of carboxylic acid groups (broad SMARTS) is 1. The van der Waals surface area contributed by atoms with Crippen LogP contribution in [-0.2, 0) is 42.5 Å². The number of hydrogen-bond acceptors (Lipinski definition) is 12. The number of oxime groups is 1. The molecular weight excluding hydrogens is 955 g/mol. The van der Waals surface area contributed by atoms with Gasteiger partial charge in [0.05, 0.1) is 0 Å². The van der Waals surface area contributed by atoms with E-state index in [2.05, 4.69) is 20.8 Å². The number of alkyl carbamates (subject to hydrolysis) is 1. The summed E-state index contributed by atoms with van der Waals surface area (Å²) in [5, 5.41) is 23.2. The molecule has 0 unspecified atom stereocenters. The first-order valence-corrected chi connectivity index (χ1v) is 25.2. The van der Waals surface area contributed by atoms with E-state index in [1.54, 1.807) is 11.4 Å². The third-order valence-corrected chi connectivity index (χ3v) is 12.7. The third kappa shape index (κ3) is 13.3. The minimum Gasteiger partial charge on any atom is -0.489 e. The summed E-state index contributed by atoms with van der Waals surface area (Å²) >= 11 is 1.20. The highest BCUT2D eigenvalue weighted by Gasteiger charge is 2.38. The number of carbonyl (C=O) groups excluding carboxylic acids is 2. The molecule has 1 aromatic heterocycles. The number of thiazole rings is 1. The normalized spacial score (nSPS) is 13.2.